The number of piperidine rings is 1. The van der Waals surface area contributed by atoms with Gasteiger partial charge in [-0.15, -0.1) is 16.4 Å². The van der Waals surface area contributed by atoms with E-state index in [1.807, 2.05) is 6.07 Å². The standard InChI is InChI=1S/C13H17Br2N5S/c1-13(7-16)2-4-20(5-3-13)12-17-11(18-19-12)8-6-9(14)21-10(8)15/h6H,2-5,7,16H2,1H3,(H,17,18,19). The fourth-order valence-electron chi connectivity index (χ4n) is 2.47. The highest BCUT2D eigenvalue weighted by atomic mass is 79.9. The van der Waals surface area contributed by atoms with Gasteiger partial charge in [0.1, 0.15) is 0 Å². The molecule has 114 valence electrons. The first-order chi connectivity index (χ1) is 10.0. The van der Waals surface area contributed by atoms with Crippen LogP contribution in [0.2, 0.25) is 0 Å². The second-order valence-electron chi connectivity index (χ2n) is 5.72. The molecule has 0 aliphatic carbocycles. The molecule has 3 rings (SSSR count). The highest BCUT2D eigenvalue weighted by Crippen LogP contribution is 2.38. The second kappa shape index (κ2) is 5.98. The van der Waals surface area contributed by atoms with Crippen LogP contribution >= 0.6 is 43.2 Å². The largest absolute Gasteiger partial charge is 0.339 e. The van der Waals surface area contributed by atoms with Gasteiger partial charge < -0.3 is 10.6 Å². The van der Waals surface area contributed by atoms with Crippen LogP contribution in [-0.2, 0) is 0 Å². The van der Waals surface area contributed by atoms with Crippen LogP contribution in [0.15, 0.2) is 13.6 Å². The zero-order valence-electron chi connectivity index (χ0n) is 11.7. The van der Waals surface area contributed by atoms with E-state index in [4.69, 9.17) is 5.73 Å². The van der Waals surface area contributed by atoms with E-state index in [9.17, 15) is 0 Å². The smallest absolute Gasteiger partial charge is 0.245 e. The van der Waals surface area contributed by atoms with Crippen LogP contribution in [0.4, 0.5) is 5.95 Å². The van der Waals surface area contributed by atoms with Gasteiger partial charge in [0.05, 0.1) is 7.57 Å². The molecule has 3 N–H and O–H groups in total. The lowest BCUT2D eigenvalue weighted by atomic mass is 9.81. The van der Waals surface area contributed by atoms with E-state index in [1.165, 1.54) is 0 Å². The zero-order valence-corrected chi connectivity index (χ0v) is 15.7. The summed E-state index contributed by atoms with van der Waals surface area (Å²) in [7, 11) is 0. The fraction of sp³-hybridized carbons (Fsp3) is 0.538. The van der Waals surface area contributed by atoms with E-state index >= 15 is 0 Å². The van der Waals surface area contributed by atoms with E-state index in [1.54, 1.807) is 11.3 Å². The van der Waals surface area contributed by atoms with Gasteiger partial charge in [-0.25, -0.2) is 0 Å². The molecule has 2 aromatic rings. The lowest BCUT2D eigenvalue weighted by Crippen LogP contribution is -2.42. The van der Waals surface area contributed by atoms with Crippen molar-refractivity contribution in [3.63, 3.8) is 0 Å². The minimum Gasteiger partial charge on any atom is -0.339 e. The molecule has 21 heavy (non-hydrogen) atoms. The van der Waals surface area contributed by atoms with E-state index < -0.39 is 0 Å². The quantitative estimate of drug-likeness (QED) is 0.773. The van der Waals surface area contributed by atoms with Gasteiger partial charge in [-0.1, -0.05) is 6.92 Å². The van der Waals surface area contributed by atoms with Crippen molar-refractivity contribution in [1.82, 2.24) is 15.2 Å². The van der Waals surface area contributed by atoms with E-state index in [-0.39, 0.29) is 5.41 Å². The minimum absolute atomic E-state index is 0.261. The average molecular weight is 435 g/mol. The van der Waals surface area contributed by atoms with Crippen LogP contribution in [-0.4, -0.2) is 34.8 Å². The number of aromatic nitrogens is 3. The van der Waals surface area contributed by atoms with Gasteiger partial charge in [0.25, 0.3) is 0 Å². The summed E-state index contributed by atoms with van der Waals surface area (Å²) in [4.78, 5) is 6.86. The van der Waals surface area contributed by atoms with E-state index in [2.05, 4.69) is 58.9 Å². The van der Waals surface area contributed by atoms with Gasteiger partial charge in [-0.2, -0.15) is 4.98 Å². The highest BCUT2D eigenvalue weighted by Gasteiger charge is 2.30. The maximum Gasteiger partial charge on any atom is 0.245 e. The molecule has 0 radical (unpaired) electrons. The third-order valence-electron chi connectivity index (χ3n) is 4.13. The van der Waals surface area contributed by atoms with Crippen LogP contribution in [0.5, 0.6) is 0 Å². The molecule has 0 spiro atoms. The number of thiophene rings is 1. The average Bonchev–Trinajstić information content (AvgIpc) is 3.06. The van der Waals surface area contributed by atoms with Crippen molar-refractivity contribution in [2.24, 2.45) is 11.1 Å². The predicted molar refractivity (Wildman–Crippen MR) is 93.7 cm³/mol. The summed E-state index contributed by atoms with van der Waals surface area (Å²) in [5.74, 6) is 1.57. The lowest BCUT2D eigenvalue weighted by molar-refractivity contribution is 0.257. The van der Waals surface area contributed by atoms with Crippen LogP contribution in [0, 0.1) is 5.41 Å². The fourth-order valence-corrected chi connectivity index (χ4v) is 5.27. The maximum atomic E-state index is 5.86. The molecule has 1 saturated heterocycles. The Morgan fingerprint density at radius 3 is 2.71 bits per heavy atom. The van der Waals surface area contributed by atoms with Gasteiger partial charge in [0.15, 0.2) is 5.82 Å². The van der Waals surface area contributed by atoms with E-state index in [0.29, 0.717) is 0 Å². The minimum atomic E-state index is 0.261. The number of aromatic amines is 1. The van der Waals surface area contributed by atoms with Crippen LogP contribution in [0.25, 0.3) is 11.4 Å². The summed E-state index contributed by atoms with van der Waals surface area (Å²) < 4.78 is 2.12. The first-order valence-electron chi connectivity index (χ1n) is 6.83. The molecule has 3 heterocycles. The van der Waals surface area contributed by atoms with Crippen molar-refractivity contribution in [3.05, 3.63) is 13.6 Å². The van der Waals surface area contributed by atoms with Gasteiger partial charge >= 0.3 is 0 Å². The summed E-state index contributed by atoms with van der Waals surface area (Å²) in [6.45, 7) is 4.92. The Balaban J connectivity index is 1.76. The summed E-state index contributed by atoms with van der Waals surface area (Å²) in [6.07, 6.45) is 2.17. The van der Waals surface area contributed by atoms with Gasteiger partial charge in [0, 0.05) is 18.7 Å². The molecule has 2 aromatic heterocycles. The number of nitrogens with two attached hydrogens (primary N) is 1. The van der Waals surface area contributed by atoms with Gasteiger partial charge in [0.2, 0.25) is 5.95 Å². The molecule has 1 aliphatic heterocycles. The third kappa shape index (κ3) is 3.18. The van der Waals surface area contributed by atoms with Crippen molar-refractivity contribution in [3.8, 4) is 11.4 Å². The Morgan fingerprint density at radius 2 is 2.14 bits per heavy atom. The number of nitrogens with one attached hydrogen (secondary N) is 1. The molecule has 0 atom stereocenters. The Labute approximate surface area is 144 Å². The van der Waals surface area contributed by atoms with Crippen molar-refractivity contribution in [2.75, 3.05) is 24.5 Å². The zero-order chi connectivity index (χ0) is 15.0. The Bertz CT molecular complexity index is 630. The molecule has 0 bridgehead atoms. The third-order valence-corrected chi connectivity index (χ3v) is 6.47. The molecule has 0 unspecified atom stereocenters. The van der Waals surface area contributed by atoms with Crippen molar-refractivity contribution < 1.29 is 0 Å². The molecular weight excluding hydrogens is 418 g/mol. The van der Waals surface area contributed by atoms with Gasteiger partial charge in [-0.3, -0.25) is 5.10 Å². The maximum absolute atomic E-state index is 5.86. The second-order valence-corrected chi connectivity index (χ2v) is 9.47. The van der Waals surface area contributed by atoms with Crippen LogP contribution in [0.1, 0.15) is 19.8 Å². The van der Waals surface area contributed by atoms with Crippen molar-refractivity contribution >= 4 is 49.1 Å². The first kappa shape index (κ1) is 15.5. The summed E-state index contributed by atoms with van der Waals surface area (Å²) in [5.41, 5.74) is 7.15. The molecule has 0 aromatic carbocycles. The Kier molecular flexibility index (Phi) is 4.40. The lowest BCUT2D eigenvalue weighted by Gasteiger charge is -2.38. The number of hydrogen-bond acceptors (Lipinski definition) is 5. The number of halogens is 2. The molecule has 0 saturated carbocycles. The number of rotatable bonds is 3. The molecule has 0 amide bonds. The highest BCUT2D eigenvalue weighted by molar-refractivity contribution is 9.12. The Morgan fingerprint density at radius 1 is 1.43 bits per heavy atom. The monoisotopic (exact) mass is 433 g/mol. The topological polar surface area (TPSA) is 70.8 Å². The molecule has 5 nitrogen and oxygen atoms in total. The molecular formula is C13H17Br2N5S. The SMILES string of the molecule is CC1(CN)CCN(c2n[nH]c(-c3cc(Br)sc3Br)n2)CC1. The summed E-state index contributed by atoms with van der Waals surface area (Å²) in [5, 5.41) is 7.40. The molecule has 1 fully saturated rings. The predicted octanol–water partition coefficient (Wildman–Crippen LogP) is 3.62. The van der Waals surface area contributed by atoms with E-state index in [0.717, 1.165) is 57.4 Å². The number of anilines is 1. The number of nitrogens with zero attached hydrogens (tertiary/aromatic N) is 3. The van der Waals surface area contributed by atoms with Gasteiger partial charge in [-0.05, 0) is 62.7 Å². The first-order valence-corrected chi connectivity index (χ1v) is 9.24. The summed E-state index contributed by atoms with van der Waals surface area (Å²) in [6, 6.07) is 2.04. The number of H-pyrrole nitrogens is 1. The molecule has 1 aliphatic rings. The van der Waals surface area contributed by atoms with Crippen LogP contribution in [0.3, 0.4) is 0 Å². The normalized spacial score (nSPS) is 18.2. The molecule has 8 heteroatoms. The van der Waals surface area contributed by atoms with Crippen LogP contribution < -0.4 is 10.6 Å². The van der Waals surface area contributed by atoms with Crippen molar-refractivity contribution in [1.29, 1.82) is 0 Å². The number of hydrogen-bond donors (Lipinski definition) is 2. The summed E-state index contributed by atoms with van der Waals surface area (Å²) >= 11 is 8.67. The Hall–Kier alpha value is -0.440. The van der Waals surface area contributed by atoms with Crippen molar-refractivity contribution in [2.45, 2.75) is 19.8 Å².